The van der Waals surface area contributed by atoms with E-state index in [4.69, 9.17) is 16.3 Å². The molecule has 212 valence electrons. The molecule has 0 saturated heterocycles. The van der Waals surface area contributed by atoms with Crippen molar-refractivity contribution in [2.45, 2.75) is 50.8 Å². The molecule has 40 heavy (non-hydrogen) atoms. The number of benzene rings is 3. The number of fused-ring (bicyclic) bond motifs is 1. The Hall–Kier alpha value is -3.37. The highest BCUT2D eigenvalue weighted by Crippen LogP contribution is 2.41. The maximum absolute atomic E-state index is 14.5. The Balaban J connectivity index is 1.84. The highest BCUT2D eigenvalue weighted by molar-refractivity contribution is 7.92. The van der Waals surface area contributed by atoms with Gasteiger partial charge in [-0.1, -0.05) is 29.8 Å². The number of anilines is 1. The third-order valence-corrected chi connectivity index (χ3v) is 8.67. The van der Waals surface area contributed by atoms with Crippen LogP contribution in [0, 0.1) is 12.7 Å². The fraction of sp³-hybridized carbons (Fsp3) is 0.276. The van der Waals surface area contributed by atoms with Crippen LogP contribution in [-0.4, -0.2) is 26.8 Å². The second-order valence-electron chi connectivity index (χ2n) is 9.64. The first-order chi connectivity index (χ1) is 18.7. The van der Waals surface area contributed by atoms with Gasteiger partial charge in [0.15, 0.2) is 0 Å². The summed E-state index contributed by atoms with van der Waals surface area (Å²) in [6.07, 6.45) is -3.44. The van der Waals surface area contributed by atoms with Gasteiger partial charge in [0.25, 0.3) is 10.0 Å². The van der Waals surface area contributed by atoms with Crippen LogP contribution < -0.4 is 9.04 Å². The molecule has 0 aromatic heterocycles. The molecule has 0 N–H and O–H groups in total. The molecule has 1 atom stereocenters. The number of rotatable bonds is 7. The quantitative estimate of drug-likeness (QED) is 0.207. The van der Waals surface area contributed by atoms with Gasteiger partial charge in [-0.2, -0.15) is 13.2 Å². The van der Waals surface area contributed by atoms with Crippen LogP contribution in [0.1, 0.15) is 48.9 Å². The van der Waals surface area contributed by atoms with E-state index < -0.39 is 38.6 Å². The predicted molar refractivity (Wildman–Crippen MR) is 146 cm³/mol. The number of hydrogen-bond acceptors (Lipinski definition) is 4. The van der Waals surface area contributed by atoms with Crippen molar-refractivity contribution < 1.29 is 35.5 Å². The van der Waals surface area contributed by atoms with E-state index in [0.717, 1.165) is 22.5 Å². The summed E-state index contributed by atoms with van der Waals surface area (Å²) in [5.41, 5.74) is 0.894. The standard InChI is InChI=1S/C29H26ClF4NO4S/c1-17-13-27-26(14-20(17)12-18(2)28-24(30)8-5-9-25(28)31)35(16-22(39-27)11-10-19(3)36)40(37,38)23-7-4-6-21(15-23)29(32,33)34/h4-9,12-15,22H,10-11,16H2,1-3H3. The third kappa shape index (κ3) is 6.18. The lowest BCUT2D eigenvalue weighted by Gasteiger charge is -2.36. The summed E-state index contributed by atoms with van der Waals surface area (Å²) in [5, 5.41) is 0.203. The number of carbonyl (C=O) groups is 1. The Morgan fingerprint density at radius 2 is 1.82 bits per heavy atom. The van der Waals surface area contributed by atoms with Crippen LogP contribution in [0.3, 0.4) is 0 Å². The number of halogens is 5. The molecule has 3 aromatic rings. The fourth-order valence-electron chi connectivity index (χ4n) is 4.51. The lowest BCUT2D eigenvalue weighted by Crippen LogP contribution is -2.43. The zero-order chi connectivity index (χ0) is 29.4. The molecule has 4 rings (SSSR count). The second kappa shape index (κ2) is 11.2. The summed E-state index contributed by atoms with van der Waals surface area (Å²) in [5.74, 6) is -0.436. The number of Topliss-reactive ketones (excluding diaryl/α,β-unsaturated/α-hetero) is 1. The van der Waals surface area contributed by atoms with Crippen LogP contribution in [0.25, 0.3) is 11.6 Å². The summed E-state index contributed by atoms with van der Waals surface area (Å²) in [7, 11) is -4.49. The van der Waals surface area contributed by atoms with Crippen LogP contribution in [0.5, 0.6) is 5.75 Å². The van der Waals surface area contributed by atoms with E-state index in [-0.39, 0.29) is 47.2 Å². The van der Waals surface area contributed by atoms with Gasteiger partial charge in [-0.05, 0) is 86.4 Å². The Morgan fingerprint density at radius 3 is 2.48 bits per heavy atom. The van der Waals surface area contributed by atoms with Gasteiger partial charge in [0.1, 0.15) is 23.5 Å². The van der Waals surface area contributed by atoms with Gasteiger partial charge >= 0.3 is 6.18 Å². The lowest BCUT2D eigenvalue weighted by atomic mass is 9.99. The molecular weight excluding hydrogens is 570 g/mol. The third-order valence-electron chi connectivity index (χ3n) is 6.58. The smallest absolute Gasteiger partial charge is 0.416 e. The van der Waals surface area contributed by atoms with Crippen LogP contribution >= 0.6 is 11.6 Å². The van der Waals surface area contributed by atoms with Gasteiger partial charge in [0.2, 0.25) is 0 Å². The first-order valence-electron chi connectivity index (χ1n) is 12.3. The molecule has 0 saturated carbocycles. The average molecular weight is 596 g/mol. The zero-order valence-corrected chi connectivity index (χ0v) is 23.4. The molecule has 0 fully saturated rings. The van der Waals surface area contributed by atoms with Crippen molar-refractivity contribution in [2.24, 2.45) is 0 Å². The van der Waals surface area contributed by atoms with Crippen molar-refractivity contribution in [3.05, 3.63) is 87.7 Å². The lowest BCUT2D eigenvalue weighted by molar-refractivity contribution is -0.137. The molecule has 5 nitrogen and oxygen atoms in total. The minimum Gasteiger partial charge on any atom is -0.486 e. The SMILES string of the molecule is CC(=O)CCC1CN(S(=O)(=O)c2cccc(C(F)(F)F)c2)c2cc(C=C(C)c3c(F)cccc3Cl)c(C)cc2O1. The Bertz CT molecular complexity index is 1580. The number of ether oxygens (including phenoxy) is 1. The highest BCUT2D eigenvalue weighted by Gasteiger charge is 2.37. The number of aryl methyl sites for hydroxylation is 1. The number of sulfonamides is 1. The highest BCUT2D eigenvalue weighted by atomic mass is 35.5. The molecule has 1 aliphatic heterocycles. The molecule has 0 aliphatic carbocycles. The summed E-state index contributed by atoms with van der Waals surface area (Å²) in [6, 6.07) is 11.0. The van der Waals surface area contributed by atoms with E-state index >= 15 is 0 Å². The molecule has 1 aliphatic rings. The minimum atomic E-state index is -4.74. The van der Waals surface area contributed by atoms with Gasteiger partial charge in [-0.3, -0.25) is 4.31 Å². The monoisotopic (exact) mass is 595 g/mol. The van der Waals surface area contributed by atoms with Gasteiger partial charge < -0.3 is 9.53 Å². The first kappa shape index (κ1) is 29.6. The van der Waals surface area contributed by atoms with E-state index in [1.165, 1.54) is 25.1 Å². The number of hydrogen-bond donors (Lipinski definition) is 0. The Morgan fingerprint density at radius 1 is 1.12 bits per heavy atom. The van der Waals surface area contributed by atoms with E-state index in [2.05, 4.69) is 0 Å². The Labute approximate surface area is 235 Å². The molecule has 0 amide bonds. The van der Waals surface area contributed by atoms with Crippen molar-refractivity contribution in [2.75, 3.05) is 10.8 Å². The van der Waals surface area contributed by atoms with E-state index in [9.17, 15) is 30.8 Å². The summed E-state index contributed by atoms with van der Waals surface area (Å²) in [4.78, 5) is 11.1. The van der Waals surface area contributed by atoms with E-state index in [1.807, 2.05) is 0 Å². The zero-order valence-electron chi connectivity index (χ0n) is 21.9. The van der Waals surface area contributed by atoms with Crippen molar-refractivity contribution in [3.8, 4) is 5.75 Å². The summed E-state index contributed by atoms with van der Waals surface area (Å²) < 4.78 is 89.3. The fourth-order valence-corrected chi connectivity index (χ4v) is 6.37. The van der Waals surface area contributed by atoms with Gasteiger partial charge in [0, 0.05) is 12.0 Å². The van der Waals surface area contributed by atoms with Crippen molar-refractivity contribution in [1.29, 1.82) is 0 Å². The molecule has 11 heteroatoms. The average Bonchev–Trinajstić information content (AvgIpc) is 2.87. The predicted octanol–water partition coefficient (Wildman–Crippen LogP) is 7.69. The Kier molecular flexibility index (Phi) is 8.33. The van der Waals surface area contributed by atoms with Crippen molar-refractivity contribution in [3.63, 3.8) is 0 Å². The van der Waals surface area contributed by atoms with Gasteiger partial charge in [0.05, 0.1) is 27.7 Å². The summed E-state index contributed by atoms with van der Waals surface area (Å²) in [6.45, 7) is 4.61. The van der Waals surface area contributed by atoms with Crippen LogP contribution in [0.4, 0.5) is 23.2 Å². The molecule has 1 unspecified atom stereocenters. The van der Waals surface area contributed by atoms with Crippen LogP contribution in [-0.2, 0) is 21.0 Å². The maximum Gasteiger partial charge on any atom is 0.416 e. The normalized spacial score (nSPS) is 15.9. The van der Waals surface area contributed by atoms with Crippen LogP contribution in [0.2, 0.25) is 5.02 Å². The van der Waals surface area contributed by atoms with Gasteiger partial charge in [-0.25, -0.2) is 12.8 Å². The largest absolute Gasteiger partial charge is 0.486 e. The second-order valence-corrected chi connectivity index (χ2v) is 11.9. The maximum atomic E-state index is 14.5. The topological polar surface area (TPSA) is 63.7 Å². The van der Waals surface area contributed by atoms with Crippen LogP contribution in [0.15, 0.2) is 59.5 Å². The van der Waals surface area contributed by atoms with Crippen molar-refractivity contribution >= 4 is 44.7 Å². The summed E-state index contributed by atoms with van der Waals surface area (Å²) >= 11 is 6.22. The molecule has 1 heterocycles. The van der Waals surface area contributed by atoms with Crippen molar-refractivity contribution in [1.82, 2.24) is 0 Å². The number of alkyl halides is 3. The van der Waals surface area contributed by atoms with E-state index in [1.54, 1.807) is 32.1 Å². The molecule has 0 radical (unpaired) electrons. The number of allylic oxidation sites excluding steroid dienone is 1. The first-order valence-corrected chi connectivity index (χ1v) is 14.1. The molecule has 0 bridgehead atoms. The number of carbonyl (C=O) groups excluding carboxylic acids is 1. The molecule has 0 spiro atoms. The molecule has 3 aromatic carbocycles. The van der Waals surface area contributed by atoms with Gasteiger partial charge in [-0.15, -0.1) is 0 Å². The minimum absolute atomic E-state index is 0.111. The number of nitrogens with zero attached hydrogens (tertiary/aromatic N) is 1. The number of ketones is 1. The van der Waals surface area contributed by atoms with E-state index in [0.29, 0.717) is 22.8 Å². The molecular formula is C29H26ClF4NO4S.